The average Bonchev–Trinajstić information content (AvgIpc) is 2.59. The summed E-state index contributed by atoms with van der Waals surface area (Å²) in [5.41, 5.74) is 2.06. The third-order valence-corrected chi connectivity index (χ3v) is 3.53. The van der Waals surface area contributed by atoms with Gasteiger partial charge in [0.25, 0.3) is 0 Å². The van der Waals surface area contributed by atoms with Crippen molar-refractivity contribution in [2.75, 3.05) is 21.3 Å². The molecule has 0 aliphatic carbocycles. The van der Waals surface area contributed by atoms with Crippen LogP contribution in [0.15, 0.2) is 36.4 Å². The molecule has 4 nitrogen and oxygen atoms in total. The second-order valence-corrected chi connectivity index (χ2v) is 5.07. The van der Waals surface area contributed by atoms with Crippen LogP contribution < -0.4 is 14.2 Å². The highest BCUT2D eigenvalue weighted by Gasteiger charge is 2.13. The molecule has 0 saturated heterocycles. The number of nitriles is 1. The van der Waals surface area contributed by atoms with Gasteiger partial charge in [-0.2, -0.15) is 5.26 Å². The molecule has 0 N–H and O–H groups in total. The summed E-state index contributed by atoms with van der Waals surface area (Å²) in [5.74, 6) is 1.58. The Kier molecular flexibility index (Phi) is 5.51. The van der Waals surface area contributed by atoms with Gasteiger partial charge < -0.3 is 14.2 Å². The molecule has 0 spiro atoms. The van der Waals surface area contributed by atoms with Crippen molar-refractivity contribution < 1.29 is 14.2 Å². The van der Waals surface area contributed by atoms with Crippen molar-refractivity contribution in [1.29, 1.82) is 5.26 Å². The van der Waals surface area contributed by atoms with Crippen LogP contribution in [-0.2, 0) is 0 Å². The lowest BCUT2D eigenvalue weighted by molar-refractivity contribution is 0.324. The third kappa shape index (κ3) is 3.77. The number of methoxy groups -OCH3 is 3. The number of rotatable bonds is 5. The van der Waals surface area contributed by atoms with Gasteiger partial charge in [0, 0.05) is 5.02 Å². The molecule has 5 heteroatoms. The fourth-order valence-electron chi connectivity index (χ4n) is 2.16. The molecular formula is C18H16ClNO3. The van der Waals surface area contributed by atoms with Crippen LogP contribution in [0, 0.1) is 11.3 Å². The molecular weight excluding hydrogens is 314 g/mol. The van der Waals surface area contributed by atoms with Crippen LogP contribution >= 0.6 is 11.6 Å². The fourth-order valence-corrected chi connectivity index (χ4v) is 2.29. The molecule has 2 aromatic rings. The van der Waals surface area contributed by atoms with Gasteiger partial charge in [0.1, 0.15) is 0 Å². The van der Waals surface area contributed by atoms with Crippen molar-refractivity contribution >= 4 is 23.3 Å². The molecule has 0 heterocycles. The molecule has 0 aliphatic rings. The highest BCUT2D eigenvalue weighted by molar-refractivity contribution is 6.30. The topological polar surface area (TPSA) is 51.5 Å². The van der Waals surface area contributed by atoms with Crippen molar-refractivity contribution in [3.63, 3.8) is 0 Å². The largest absolute Gasteiger partial charge is 0.493 e. The molecule has 0 bridgehead atoms. The van der Waals surface area contributed by atoms with Crippen molar-refractivity contribution in [2.24, 2.45) is 0 Å². The normalized spacial score (nSPS) is 10.8. The SMILES string of the molecule is COc1cc(/C=C(/C#N)c2ccc(Cl)cc2)cc(OC)c1OC. The van der Waals surface area contributed by atoms with Gasteiger partial charge in [-0.3, -0.25) is 0 Å². The van der Waals surface area contributed by atoms with Crippen molar-refractivity contribution in [3.05, 3.63) is 52.5 Å². The number of ether oxygens (including phenoxy) is 3. The Morgan fingerprint density at radius 3 is 2.00 bits per heavy atom. The Labute approximate surface area is 140 Å². The van der Waals surface area contributed by atoms with Crippen LogP contribution in [0.4, 0.5) is 0 Å². The smallest absolute Gasteiger partial charge is 0.203 e. The molecule has 2 rings (SSSR count). The maximum atomic E-state index is 9.43. The maximum absolute atomic E-state index is 9.43. The van der Waals surface area contributed by atoms with Gasteiger partial charge in [-0.05, 0) is 41.5 Å². The van der Waals surface area contributed by atoms with Gasteiger partial charge in [-0.1, -0.05) is 23.7 Å². The highest BCUT2D eigenvalue weighted by Crippen LogP contribution is 2.39. The number of allylic oxidation sites excluding steroid dienone is 1. The third-order valence-electron chi connectivity index (χ3n) is 3.27. The van der Waals surface area contributed by atoms with Gasteiger partial charge in [-0.15, -0.1) is 0 Å². The Bertz CT molecular complexity index is 736. The van der Waals surface area contributed by atoms with E-state index in [1.165, 1.54) is 0 Å². The van der Waals surface area contributed by atoms with E-state index in [1.54, 1.807) is 63.8 Å². The number of hydrogen-bond acceptors (Lipinski definition) is 4. The molecule has 2 aromatic carbocycles. The van der Waals surface area contributed by atoms with Crippen LogP contribution in [0.3, 0.4) is 0 Å². The van der Waals surface area contributed by atoms with E-state index in [4.69, 9.17) is 25.8 Å². The zero-order chi connectivity index (χ0) is 16.8. The van der Waals surface area contributed by atoms with Crippen molar-refractivity contribution in [3.8, 4) is 23.3 Å². The van der Waals surface area contributed by atoms with Gasteiger partial charge >= 0.3 is 0 Å². The van der Waals surface area contributed by atoms with E-state index < -0.39 is 0 Å². The predicted octanol–water partition coefficient (Wildman–Crippen LogP) is 4.43. The van der Waals surface area contributed by atoms with E-state index in [0.717, 1.165) is 11.1 Å². The predicted molar refractivity (Wildman–Crippen MR) is 91.0 cm³/mol. The number of nitrogens with zero attached hydrogens (tertiary/aromatic N) is 1. The minimum atomic E-state index is 0.510. The van der Waals surface area contributed by atoms with E-state index in [2.05, 4.69) is 6.07 Å². The maximum Gasteiger partial charge on any atom is 0.203 e. The van der Waals surface area contributed by atoms with E-state index in [0.29, 0.717) is 27.8 Å². The van der Waals surface area contributed by atoms with Crippen molar-refractivity contribution in [1.82, 2.24) is 0 Å². The van der Waals surface area contributed by atoms with Crippen LogP contribution in [0.25, 0.3) is 11.6 Å². The lowest BCUT2D eigenvalue weighted by atomic mass is 10.0. The summed E-state index contributed by atoms with van der Waals surface area (Å²) in [6.07, 6.45) is 1.76. The molecule has 0 atom stereocenters. The Morgan fingerprint density at radius 1 is 1.00 bits per heavy atom. The first-order chi connectivity index (χ1) is 11.1. The molecule has 118 valence electrons. The summed E-state index contributed by atoms with van der Waals surface area (Å²) >= 11 is 5.88. The van der Waals surface area contributed by atoms with Crippen LogP contribution in [-0.4, -0.2) is 21.3 Å². The van der Waals surface area contributed by atoms with Crippen LogP contribution in [0.5, 0.6) is 17.2 Å². The van der Waals surface area contributed by atoms with E-state index in [1.807, 2.05) is 0 Å². The monoisotopic (exact) mass is 329 g/mol. The molecule has 0 aromatic heterocycles. The Morgan fingerprint density at radius 2 is 1.57 bits per heavy atom. The van der Waals surface area contributed by atoms with E-state index >= 15 is 0 Å². The number of halogens is 1. The number of hydrogen-bond donors (Lipinski definition) is 0. The zero-order valence-electron chi connectivity index (χ0n) is 13.1. The van der Waals surface area contributed by atoms with E-state index in [-0.39, 0.29) is 0 Å². The second kappa shape index (κ2) is 7.57. The Balaban J connectivity index is 2.52. The summed E-state index contributed by atoms with van der Waals surface area (Å²) in [5, 5.41) is 10.0. The summed E-state index contributed by atoms with van der Waals surface area (Å²) in [6.45, 7) is 0. The minimum absolute atomic E-state index is 0.510. The molecule has 0 fully saturated rings. The van der Waals surface area contributed by atoms with E-state index in [9.17, 15) is 5.26 Å². The van der Waals surface area contributed by atoms with Gasteiger partial charge in [0.15, 0.2) is 11.5 Å². The molecule has 0 aliphatic heterocycles. The lowest BCUT2D eigenvalue weighted by Crippen LogP contribution is -1.95. The standard InChI is InChI=1S/C18H16ClNO3/c1-21-16-9-12(10-17(22-2)18(16)23-3)8-14(11-20)13-4-6-15(19)7-5-13/h4-10H,1-3H3/b14-8-. The molecule has 0 radical (unpaired) electrons. The fraction of sp³-hybridized carbons (Fsp3) is 0.167. The molecule has 0 amide bonds. The van der Waals surface area contributed by atoms with Crippen LogP contribution in [0.1, 0.15) is 11.1 Å². The molecule has 0 unspecified atom stereocenters. The lowest BCUT2D eigenvalue weighted by Gasteiger charge is -2.13. The minimum Gasteiger partial charge on any atom is -0.493 e. The number of benzene rings is 2. The molecule has 0 saturated carbocycles. The highest BCUT2D eigenvalue weighted by atomic mass is 35.5. The quantitative estimate of drug-likeness (QED) is 0.601. The summed E-state index contributed by atoms with van der Waals surface area (Å²) in [4.78, 5) is 0. The Hall–Kier alpha value is -2.64. The first-order valence-electron chi connectivity index (χ1n) is 6.80. The molecule has 23 heavy (non-hydrogen) atoms. The van der Waals surface area contributed by atoms with Crippen LogP contribution in [0.2, 0.25) is 5.02 Å². The van der Waals surface area contributed by atoms with Gasteiger partial charge in [0.05, 0.1) is 33.0 Å². The van der Waals surface area contributed by atoms with Gasteiger partial charge in [-0.25, -0.2) is 0 Å². The van der Waals surface area contributed by atoms with Gasteiger partial charge in [0.2, 0.25) is 5.75 Å². The average molecular weight is 330 g/mol. The first-order valence-corrected chi connectivity index (χ1v) is 7.18. The first kappa shape index (κ1) is 16.7. The summed E-state index contributed by atoms with van der Waals surface area (Å²) < 4.78 is 15.9. The second-order valence-electron chi connectivity index (χ2n) is 4.64. The van der Waals surface area contributed by atoms with Crippen molar-refractivity contribution in [2.45, 2.75) is 0 Å². The summed E-state index contributed by atoms with van der Waals surface area (Å²) in [6, 6.07) is 12.9. The zero-order valence-corrected chi connectivity index (χ0v) is 13.8. The summed E-state index contributed by atoms with van der Waals surface area (Å²) in [7, 11) is 4.65.